The van der Waals surface area contributed by atoms with E-state index >= 15 is 0 Å². The van der Waals surface area contributed by atoms with Crippen LogP contribution in [0.15, 0.2) is 66.7 Å². The van der Waals surface area contributed by atoms with Gasteiger partial charge >= 0.3 is 0 Å². The lowest BCUT2D eigenvalue weighted by Crippen LogP contribution is -2.63. The van der Waals surface area contributed by atoms with E-state index in [9.17, 15) is 23.1 Å². The van der Waals surface area contributed by atoms with Gasteiger partial charge in [0.05, 0.1) is 25.5 Å². The molecule has 2 aromatic carbocycles. The van der Waals surface area contributed by atoms with E-state index in [0.717, 1.165) is 33.9 Å². The van der Waals surface area contributed by atoms with Crippen LogP contribution >= 0.6 is 12.4 Å². The van der Waals surface area contributed by atoms with Gasteiger partial charge in [-0.15, -0.1) is 12.4 Å². The fourth-order valence-electron chi connectivity index (χ4n) is 5.14. The fourth-order valence-corrected chi connectivity index (χ4v) is 5.57. The van der Waals surface area contributed by atoms with E-state index < -0.39 is 34.1 Å². The highest BCUT2D eigenvalue weighted by Crippen LogP contribution is 2.22. The number of benzene rings is 2. The number of nitrogens with zero attached hydrogens (tertiary/aromatic N) is 3. The number of hydrogen-bond acceptors (Lipinski definition) is 9. The van der Waals surface area contributed by atoms with Crippen LogP contribution in [0.5, 0.6) is 5.75 Å². The van der Waals surface area contributed by atoms with Crippen LogP contribution in [0, 0.1) is 0 Å². The monoisotopic (exact) mass is 688 g/mol. The summed E-state index contributed by atoms with van der Waals surface area (Å²) in [6.45, 7) is 5.23. The average molecular weight is 689 g/mol. The lowest BCUT2D eigenvalue weighted by molar-refractivity contribution is -0.140. The van der Waals surface area contributed by atoms with Crippen LogP contribution in [0.1, 0.15) is 41.8 Å². The molecule has 0 bridgehead atoms. The molecular formula is C33H45ClN6O6S. The molecule has 12 nitrogen and oxygen atoms in total. The van der Waals surface area contributed by atoms with Crippen LogP contribution in [-0.2, 0) is 27.8 Å². The predicted molar refractivity (Wildman–Crippen MR) is 186 cm³/mol. The second kappa shape index (κ2) is 16.8. The highest BCUT2D eigenvalue weighted by atomic mass is 35.5. The number of amides is 2. The van der Waals surface area contributed by atoms with Gasteiger partial charge in [-0.1, -0.05) is 49.4 Å². The molecule has 14 heteroatoms. The number of piperazine rings is 1. The third-order valence-electron chi connectivity index (χ3n) is 8.13. The molecular weight excluding hydrogens is 644 g/mol. The topological polar surface area (TPSA) is 153 Å². The van der Waals surface area contributed by atoms with Gasteiger partial charge in [-0.05, 0) is 55.2 Å². The van der Waals surface area contributed by atoms with E-state index in [-0.39, 0.29) is 42.2 Å². The van der Waals surface area contributed by atoms with Crippen molar-refractivity contribution in [2.24, 2.45) is 0 Å². The van der Waals surface area contributed by atoms with Crippen LogP contribution in [0.2, 0.25) is 0 Å². The number of aliphatic hydroxyl groups excluding tert-OH is 1. The van der Waals surface area contributed by atoms with Gasteiger partial charge in [0.2, 0.25) is 15.9 Å². The number of carbonyl (C=O) groups is 2. The fraction of sp³-hybridized carbons (Fsp3) is 0.424. The first kappa shape index (κ1) is 37.5. The molecule has 3 aromatic rings. The summed E-state index contributed by atoms with van der Waals surface area (Å²) in [7, 11) is -0.703. The Morgan fingerprint density at radius 1 is 1.15 bits per heavy atom. The molecule has 1 aromatic heterocycles. The number of nitrogens with one attached hydrogen (secondary N) is 3. The van der Waals surface area contributed by atoms with Crippen molar-refractivity contribution in [2.45, 2.75) is 57.5 Å². The van der Waals surface area contributed by atoms with Crippen molar-refractivity contribution < 1.29 is 27.9 Å². The summed E-state index contributed by atoms with van der Waals surface area (Å²) in [5.74, 6) is 0.305. The summed E-state index contributed by atoms with van der Waals surface area (Å²) in [5, 5.41) is 21.0. The summed E-state index contributed by atoms with van der Waals surface area (Å²) >= 11 is 0. The molecule has 1 saturated heterocycles. The van der Waals surface area contributed by atoms with Crippen molar-refractivity contribution in [1.82, 2.24) is 20.5 Å². The van der Waals surface area contributed by atoms with E-state index in [1.165, 1.54) is 13.1 Å². The van der Waals surface area contributed by atoms with E-state index in [4.69, 9.17) is 4.74 Å². The first-order chi connectivity index (χ1) is 21.9. The number of ether oxygens (including phenoxy) is 1. The Kier molecular flexibility index (Phi) is 13.4. The largest absolute Gasteiger partial charge is 0.497 e. The highest BCUT2D eigenvalue weighted by molar-refractivity contribution is 7.92. The summed E-state index contributed by atoms with van der Waals surface area (Å²) < 4.78 is 30.9. The zero-order valence-corrected chi connectivity index (χ0v) is 29.0. The van der Waals surface area contributed by atoms with Crippen molar-refractivity contribution >= 4 is 45.9 Å². The Labute approximate surface area is 283 Å². The van der Waals surface area contributed by atoms with E-state index in [0.29, 0.717) is 25.5 Å². The van der Waals surface area contributed by atoms with Crippen LogP contribution in [-0.4, -0.2) is 93.0 Å². The van der Waals surface area contributed by atoms with E-state index in [1.54, 1.807) is 18.1 Å². The second-order valence-corrected chi connectivity index (χ2v) is 13.6. The summed E-state index contributed by atoms with van der Waals surface area (Å²) in [4.78, 5) is 33.6. The molecule has 4 atom stereocenters. The van der Waals surface area contributed by atoms with Crippen LogP contribution in [0.25, 0.3) is 0 Å². The van der Waals surface area contributed by atoms with Gasteiger partial charge in [0, 0.05) is 38.3 Å². The lowest BCUT2D eigenvalue weighted by Gasteiger charge is -2.38. The Hall–Kier alpha value is -3.91. The van der Waals surface area contributed by atoms with Crippen molar-refractivity contribution in [3.8, 4) is 5.75 Å². The third-order valence-corrected chi connectivity index (χ3v) is 9.31. The van der Waals surface area contributed by atoms with Gasteiger partial charge in [-0.2, -0.15) is 0 Å². The molecule has 0 spiro atoms. The number of aliphatic hydroxyl groups is 1. The zero-order chi connectivity index (χ0) is 33.4. The molecule has 2 heterocycles. The van der Waals surface area contributed by atoms with E-state index in [1.807, 2.05) is 68.4 Å². The summed E-state index contributed by atoms with van der Waals surface area (Å²) in [5.41, 5.74) is 1.94. The van der Waals surface area contributed by atoms with Gasteiger partial charge in [0.25, 0.3) is 5.91 Å². The number of rotatable bonds is 14. The molecule has 2 amide bonds. The number of hydrogen-bond donors (Lipinski definition) is 4. The highest BCUT2D eigenvalue weighted by Gasteiger charge is 2.38. The standard InChI is InChI=1S/C33H44N6O6S.ClH/c1-6-22(2)35-28-19-25(20-29(37-28)38(3)46(5,43)44)32(41)36-27(18-23-10-8-7-9-11-23)31(40)30-33(42)39(17-16-34-30)21-24-12-14-26(45-4)15-13-24;/h7-15,19-20,22,27,30-31,34,40H,6,16-18,21H2,1-5H3,(H,35,37)(H,36,41);1H/t22-,27?,30-,31?;/m0./s1. The molecule has 0 saturated carbocycles. The van der Waals surface area contributed by atoms with Crippen LogP contribution in [0.3, 0.4) is 0 Å². The Bertz CT molecular complexity index is 1590. The molecule has 47 heavy (non-hydrogen) atoms. The number of anilines is 2. The molecule has 0 radical (unpaired) electrons. The molecule has 1 aliphatic rings. The number of aromatic nitrogens is 1. The molecule has 4 rings (SSSR count). The van der Waals surface area contributed by atoms with Gasteiger partial charge in [-0.3, -0.25) is 13.9 Å². The number of carbonyl (C=O) groups excluding carboxylic acids is 2. The predicted octanol–water partition coefficient (Wildman–Crippen LogP) is 2.82. The molecule has 2 unspecified atom stereocenters. The SMILES string of the molecule is CC[C@H](C)Nc1cc(C(=O)NC(Cc2ccccc2)C(O)[C@@H]2NCCN(Cc3ccc(OC)cc3)C2=O)cc(N(C)S(C)(=O)=O)n1.Cl. The Morgan fingerprint density at radius 3 is 2.45 bits per heavy atom. The van der Waals surface area contributed by atoms with E-state index in [2.05, 4.69) is 20.9 Å². The number of methoxy groups -OCH3 is 1. The number of sulfonamides is 1. The molecule has 0 aliphatic carbocycles. The minimum atomic E-state index is -3.66. The minimum absolute atomic E-state index is 0. The van der Waals surface area contributed by atoms with Crippen molar-refractivity contribution in [1.29, 1.82) is 0 Å². The van der Waals surface area contributed by atoms with Gasteiger partial charge in [0.15, 0.2) is 0 Å². The quantitative estimate of drug-likeness (QED) is 0.200. The minimum Gasteiger partial charge on any atom is -0.497 e. The van der Waals surface area contributed by atoms with Gasteiger partial charge < -0.3 is 30.7 Å². The van der Waals surface area contributed by atoms with Gasteiger partial charge in [-0.25, -0.2) is 13.4 Å². The maximum Gasteiger partial charge on any atom is 0.251 e. The third kappa shape index (κ3) is 10.0. The second-order valence-electron chi connectivity index (χ2n) is 11.6. The van der Waals surface area contributed by atoms with Crippen LogP contribution < -0.4 is 25.0 Å². The molecule has 1 aliphatic heterocycles. The molecule has 1 fully saturated rings. The normalized spacial score (nSPS) is 16.8. The molecule has 256 valence electrons. The summed E-state index contributed by atoms with van der Waals surface area (Å²) in [6, 6.07) is 18.0. The average Bonchev–Trinajstić information content (AvgIpc) is 3.04. The van der Waals surface area contributed by atoms with Gasteiger partial charge in [0.1, 0.15) is 23.4 Å². The first-order valence-corrected chi connectivity index (χ1v) is 17.1. The van der Waals surface area contributed by atoms with Crippen molar-refractivity contribution in [3.63, 3.8) is 0 Å². The van der Waals surface area contributed by atoms with Crippen LogP contribution in [0.4, 0.5) is 11.6 Å². The Morgan fingerprint density at radius 2 is 1.83 bits per heavy atom. The first-order valence-electron chi connectivity index (χ1n) is 15.3. The summed E-state index contributed by atoms with van der Waals surface area (Å²) in [6.07, 6.45) is 0.796. The number of halogens is 1. The zero-order valence-electron chi connectivity index (χ0n) is 27.3. The smallest absolute Gasteiger partial charge is 0.251 e. The maximum absolute atomic E-state index is 13.8. The molecule has 4 N–H and O–H groups in total. The number of pyridine rings is 1. The van der Waals surface area contributed by atoms with Crippen molar-refractivity contribution in [3.05, 3.63) is 83.4 Å². The van der Waals surface area contributed by atoms with Crippen molar-refractivity contribution in [2.75, 3.05) is 43.1 Å². The Balaban J connectivity index is 0.00000600. The maximum atomic E-state index is 13.8. The lowest BCUT2D eigenvalue weighted by atomic mass is 9.94.